The molecule has 0 saturated heterocycles. The molecule has 2 aliphatic rings. The first-order valence-electron chi connectivity index (χ1n) is 7.77. The second kappa shape index (κ2) is 6.25. The maximum atomic E-state index is 12.2. The van der Waals surface area contributed by atoms with Gasteiger partial charge in [0.2, 0.25) is 5.91 Å². The highest BCUT2D eigenvalue weighted by Crippen LogP contribution is 2.28. The van der Waals surface area contributed by atoms with Gasteiger partial charge in [0.05, 0.1) is 6.04 Å². The Morgan fingerprint density at radius 2 is 2.00 bits per heavy atom. The minimum absolute atomic E-state index is 0.198. The third-order valence-electron chi connectivity index (χ3n) is 4.58. The monoisotopic (exact) mass is 273 g/mol. The smallest absolute Gasteiger partial charge is 0.223 e. The van der Waals surface area contributed by atoms with Gasteiger partial charge in [0.15, 0.2) is 0 Å². The van der Waals surface area contributed by atoms with Gasteiger partial charge in [-0.1, -0.05) is 12.2 Å². The zero-order valence-corrected chi connectivity index (χ0v) is 11.9. The van der Waals surface area contributed by atoms with Gasteiger partial charge in [-0.25, -0.2) is 0 Å². The van der Waals surface area contributed by atoms with Crippen molar-refractivity contribution in [2.75, 3.05) is 0 Å². The number of carbonyl (C=O) groups excluding carboxylic acids is 1. The summed E-state index contributed by atoms with van der Waals surface area (Å²) in [4.78, 5) is 12.2. The summed E-state index contributed by atoms with van der Waals surface area (Å²) in [5.41, 5.74) is 0. The number of allylic oxidation sites excluding steroid dienone is 2. The molecule has 1 fully saturated rings. The Labute approximate surface area is 120 Å². The van der Waals surface area contributed by atoms with Gasteiger partial charge in [0.1, 0.15) is 0 Å². The molecule has 2 aliphatic carbocycles. The average molecular weight is 273 g/mol. The Kier molecular flexibility index (Phi) is 4.19. The van der Waals surface area contributed by atoms with Gasteiger partial charge < -0.3 is 5.32 Å². The van der Waals surface area contributed by atoms with Gasteiger partial charge in [-0.15, -0.1) is 0 Å². The molecule has 1 saturated carbocycles. The van der Waals surface area contributed by atoms with Gasteiger partial charge in [-0.2, -0.15) is 5.10 Å². The summed E-state index contributed by atoms with van der Waals surface area (Å²) in [5.74, 6) is 0.459. The van der Waals surface area contributed by atoms with E-state index in [0.717, 1.165) is 44.9 Å². The van der Waals surface area contributed by atoms with E-state index in [0.29, 0.717) is 12.1 Å². The number of hydrogen-bond acceptors (Lipinski definition) is 2. The minimum Gasteiger partial charge on any atom is -0.353 e. The van der Waals surface area contributed by atoms with E-state index in [1.165, 1.54) is 0 Å². The molecule has 4 nitrogen and oxygen atoms in total. The van der Waals surface area contributed by atoms with Crippen LogP contribution >= 0.6 is 0 Å². The molecule has 1 amide bonds. The van der Waals surface area contributed by atoms with E-state index in [1.54, 1.807) is 0 Å². The van der Waals surface area contributed by atoms with Gasteiger partial charge in [-0.3, -0.25) is 9.48 Å². The summed E-state index contributed by atoms with van der Waals surface area (Å²) >= 11 is 0. The normalized spacial score (nSPS) is 30.1. The van der Waals surface area contributed by atoms with Crippen molar-refractivity contribution in [1.82, 2.24) is 15.1 Å². The number of nitrogens with one attached hydrogen (secondary N) is 1. The first kappa shape index (κ1) is 13.4. The summed E-state index contributed by atoms with van der Waals surface area (Å²) in [7, 11) is 0. The number of nitrogens with zero attached hydrogens (tertiary/aromatic N) is 2. The van der Waals surface area contributed by atoms with E-state index in [-0.39, 0.29) is 11.8 Å². The Morgan fingerprint density at radius 3 is 2.65 bits per heavy atom. The van der Waals surface area contributed by atoms with Crippen molar-refractivity contribution < 1.29 is 4.79 Å². The van der Waals surface area contributed by atoms with Crippen molar-refractivity contribution >= 4 is 5.91 Å². The number of aromatic nitrogens is 2. The van der Waals surface area contributed by atoms with Gasteiger partial charge in [0, 0.05) is 24.4 Å². The molecule has 20 heavy (non-hydrogen) atoms. The van der Waals surface area contributed by atoms with Crippen molar-refractivity contribution in [3.05, 3.63) is 30.6 Å². The van der Waals surface area contributed by atoms with Gasteiger partial charge >= 0.3 is 0 Å². The summed E-state index contributed by atoms with van der Waals surface area (Å²) in [6, 6.07) is 2.85. The molecule has 3 rings (SSSR count). The Morgan fingerprint density at radius 1 is 1.15 bits per heavy atom. The molecule has 0 radical (unpaired) electrons. The quantitative estimate of drug-likeness (QED) is 0.861. The number of hydrogen-bond donors (Lipinski definition) is 1. The lowest BCUT2D eigenvalue weighted by molar-refractivity contribution is -0.126. The van der Waals surface area contributed by atoms with E-state index >= 15 is 0 Å². The topological polar surface area (TPSA) is 46.9 Å². The molecular formula is C16H23N3O. The highest BCUT2D eigenvalue weighted by atomic mass is 16.1. The maximum Gasteiger partial charge on any atom is 0.223 e. The van der Waals surface area contributed by atoms with Crippen LogP contribution in [0.15, 0.2) is 30.6 Å². The van der Waals surface area contributed by atoms with Crippen molar-refractivity contribution in [3.63, 3.8) is 0 Å². The molecule has 4 heteroatoms. The first-order valence-corrected chi connectivity index (χ1v) is 7.77. The van der Waals surface area contributed by atoms with Crippen LogP contribution in [-0.2, 0) is 4.79 Å². The number of rotatable bonds is 3. The molecule has 1 N–H and O–H groups in total. The second-order valence-electron chi connectivity index (χ2n) is 5.98. The Bertz CT molecular complexity index is 458. The fourth-order valence-corrected chi connectivity index (χ4v) is 3.33. The first-order chi connectivity index (χ1) is 9.83. The fourth-order valence-electron chi connectivity index (χ4n) is 3.33. The van der Waals surface area contributed by atoms with Crippen LogP contribution in [0.5, 0.6) is 0 Å². The average Bonchev–Trinajstić information content (AvgIpc) is 3.03. The van der Waals surface area contributed by atoms with Crippen LogP contribution in [0.2, 0.25) is 0 Å². The van der Waals surface area contributed by atoms with E-state index in [1.807, 2.05) is 18.5 Å². The fraction of sp³-hybridized carbons (Fsp3) is 0.625. The van der Waals surface area contributed by atoms with E-state index in [9.17, 15) is 4.79 Å². The van der Waals surface area contributed by atoms with Crippen molar-refractivity contribution in [3.8, 4) is 0 Å². The highest BCUT2D eigenvalue weighted by Gasteiger charge is 2.26. The molecule has 1 aromatic rings. The molecule has 0 unspecified atom stereocenters. The van der Waals surface area contributed by atoms with E-state index < -0.39 is 0 Å². The van der Waals surface area contributed by atoms with Crippen LogP contribution in [-0.4, -0.2) is 21.7 Å². The van der Waals surface area contributed by atoms with Crippen LogP contribution in [0.3, 0.4) is 0 Å². The number of amides is 1. The molecule has 0 spiro atoms. The molecule has 0 aromatic carbocycles. The minimum atomic E-state index is 0.198. The summed E-state index contributed by atoms with van der Waals surface area (Å²) in [5, 5.41) is 7.57. The van der Waals surface area contributed by atoms with Crippen LogP contribution in [0.4, 0.5) is 0 Å². The maximum absolute atomic E-state index is 12.2. The lowest BCUT2D eigenvalue weighted by Crippen LogP contribution is -2.41. The van der Waals surface area contributed by atoms with Crippen molar-refractivity contribution in [1.29, 1.82) is 0 Å². The lowest BCUT2D eigenvalue weighted by atomic mass is 9.89. The van der Waals surface area contributed by atoms with Gasteiger partial charge in [-0.05, 0) is 51.0 Å². The third-order valence-corrected chi connectivity index (χ3v) is 4.58. The standard InChI is InChI=1S/C16H23N3O/c20-16(13-5-2-1-3-6-13)18-14-7-9-15(10-8-14)19-12-4-11-17-19/h1-2,4,11-15H,3,5-10H2,(H,18,20)/t13-,14?,15?/m1/s1. The predicted molar refractivity (Wildman–Crippen MR) is 78.1 cm³/mol. The van der Waals surface area contributed by atoms with Crippen LogP contribution in [0.25, 0.3) is 0 Å². The van der Waals surface area contributed by atoms with Crippen LogP contribution in [0.1, 0.15) is 51.0 Å². The van der Waals surface area contributed by atoms with E-state index in [2.05, 4.69) is 27.2 Å². The zero-order valence-electron chi connectivity index (χ0n) is 11.9. The van der Waals surface area contributed by atoms with Gasteiger partial charge in [0.25, 0.3) is 0 Å². The van der Waals surface area contributed by atoms with Crippen molar-refractivity contribution in [2.45, 2.75) is 57.0 Å². The molecule has 108 valence electrons. The SMILES string of the molecule is O=C(NC1CCC(n2cccn2)CC1)[C@@H]1CC=CCC1. The predicted octanol–water partition coefficient (Wildman–Crippen LogP) is 2.84. The third kappa shape index (κ3) is 3.11. The summed E-state index contributed by atoms with van der Waals surface area (Å²) in [6.45, 7) is 0. The molecule has 1 heterocycles. The molecule has 0 aliphatic heterocycles. The zero-order chi connectivity index (χ0) is 13.8. The van der Waals surface area contributed by atoms with Crippen LogP contribution < -0.4 is 5.32 Å². The second-order valence-corrected chi connectivity index (χ2v) is 5.98. The highest BCUT2D eigenvalue weighted by molar-refractivity contribution is 5.79. The molecule has 1 aromatic heterocycles. The van der Waals surface area contributed by atoms with E-state index in [4.69, 9.17) is 0 Å². The lowest BCUT2D eigenvalue weighted by Gasteiger charge is -2.30. The Balaban J connectivity index is 1.46. The summed E-state index contributed by atoms with van der Waals surface area (Å²) in [6.07, 6.45) is 15.5. The van der Waals surface area contributed by atoms with Crippen molar-refractivity contribution in [2.24, 2.45) is 5.92 Å². The Hall–Kier alpha value is -1.58. The number of carbonyl (C=O) groups is 1. The van der Waals surface area contributed by atoms with Crippen LogP contribution in [0, 0.1) is 5.92 Å². The largest absolute Gasteiger partial charge is 0.353 e. The molecular weight excluding hydrogens is 250 g/mol. The summed E-state index contributed by atoms with van der Waals surface area (Å²) < 4.78 is 2.06. The molecule has 0 bridgehead atoms. The molecule has 1 atom stereocenters.